The number of para-hydroxylation sites is 2. The molecule has 2 aliphatic heterocycles. The largest absolute Gasteiger partial charge is 0.457 e. The first-order chi connectivity index (χ1) is 27.9. The third-order valence-electron chi connectivity index (χ3n) is 11.8. The smallest absolute Gasteiger partial charge is 0.411 e. The molecule has 9 nitrogen and oxygen atoms in total. The molecular formula is C48H49N3O6. The second-order valence-corrected chi connectivity index (χ2v) is 15.3. The molecule has 9 heteroatoms. The first-order valence-corrected chi connectivity index (χ1v) is 20.0. The van der Waals surface area contributed by atoms with E-state index in [2.05, 4.69) is 71.3 Å². The summed E-state index contributed by atoms with van der Waals surface area (Å²) in [6.45, 7) is 2.90. The molecule has 0 spiro atoms. The molecule has 5 aliphatic rings. The number of likely N-dealkylation sites (tertiary alicyclic amines) is 1. The van der Waals surface area contributed by atoms with Crippen molar-refractivity contribution in [1.82, 2.24) is 15.5 Å². The maximum atomic E-state index is 14.3. The Balaban J connectivity index is 0.000000685. The number of benzene rings is 5. The summed E-state index contributed by atoms with van der Waals surface area (Å²) in [5.74, 6) is 0.231. The highest BCUT2D eigenvalue weighted by atomic mass is 16.6. The van der Waals surface area contributed by atoms with E-state index in [9.17, 15) is 14.4 Å². The van der Waals surface area contributed by atoms with Gasteiger partial charge in [-0.3, -0.25) is 14.5 Å². The number of hydrogen-bond donors (Lipinski definition) is 2. The molecule has 4 aromatic rings. The Morgan fingerprint density at radius 3 is 1.98 bits per heavy atom. The summed E-state index contributed by atoms with van der Waals surface area (Å²) in [5, 5.41) is 6.21. The van der Waals surface area contributed by atoms with Crippen LogP contribution in [0.15, 0.2) is 121 Å². The molecule has 0 bridgehead atoms. The molecule has 1 saturated heterocycles. The number of fused-ring (bicyclic) bond motifs is 6. The highest BCUT2D eigenvalue weighted by Crippen LogP contribution is 2.50. The Morgan fingerprint density at radius 2 is 1.40 bits per heavy atom. The van der Waals surface area contributed by atoms with Crippen LogP contribution < -0.4 is 15.4 Å². The number of amides is 3. The van der Waals surface area contributed by atoms with Crippen LogP contribution in [-0.4, -0.2) is 62.4 Å². The van der Waals surface area contributed by atoms with Crippen LogP contribution in [0.1, 0.15) is 67.2 Å². The molecule has 9 rings (SSSR count). The van der Waals surface area contributed by atoms with Crippen molar-refractivity contribution in [3.63, 3.8) is 0 Å². The van der Waals surface area contributed by atoms with Crippen molar-refractivity contribution in [3.05, 3.63) is 144 Å². The van der Waals surface area contributed by atoms with E-state index >= 15 is 0 Å². The van der Waals surface area contributed by atoms with Crippen molar-refractivity contribution in [2.24, 2.45) is 5.92 Å². The minimum atomic E-state index is -0.848. The average molecular weight is 764 g/mol. The van der Waals surface area contributed by atoms with Gasteiger partial charge in [0, 0.05) is 56.2 Å². The van der Waals surface area contributed by atoms with Crippen molar-refractivity contribution in [2.75, 3.05) is 33.4 Å². The molecular weight excluding hydrogens is 715 g/mol. The third-order valence-corrected chi connectivity index (χ3v) is 11.8. The number of piperidine rings is 1. The van der Waals surface area contributed by atoms with Gasteiger partial charge in [-0.15, -0.1) is 0 Å². The van der Waals surface area contributed by atoms with Crippen LogP contribution in [0, 0.1) is 5.92 Å². The number of hydrogen-bond acceptors (Lipinski definition) is 6. The number of ether oxygens (including phenoxy) is 3. The normalized spacial score (nSPS) is 17.6. The summed E-state index contributed by atoms with van der Waals surface area (Å²) < 4.78 is 17.7. The molecule has 3 aliphatic carbocycles. The second-order valence-electron chi connectivity index (χ2n) is 15.3. The fourth-order valence-corrected chi connectivity index (χ4v) is 8.97. The lowest BCUT2D eigenvalue weighted by Crippen LogP contribution is -2.60. The van der Waals surface area contributed by atoms with Crippen LogP contribution >= 0.6 is 0 Å². The zero-order valence-electron chi connectivity index (χ0n) is 32.5. The van der Waals surface area contributed by atoms with E-state index in [0.717, 1.165) is 64.1 Å². The van der Waals surface area contributed by atoms with Crippen LogP contribution in [0.25, 0.3) is 22.3 Å². The van der Waals surface area contributed by atoms with E-state index < -0.39 is 23.6 Å². The third kappa shape index (κ3) is 7.76. The van der Waals surface area contributed by atoms with Gasteiger partial charge in [-0.1, -0.05) is 103 Å². The number of methoxy groups -OCH3 is 1. The molecule has 1 unspecified atom stereocenters. The molecule has 2 heterocycles. The summed E-state index contributed by atoms with van der Waals surface area (Å²) in [6, 6.07) is 40.9. The number of nitrogens with zero attached hydrogens (tertiary/aromatic N) is 1. The van der Waals surface area contributed by atoms with E-state index in [-0.39, 0.29) is 24.3 Å². The van der Waals surface area contributed by atoms with E-state index in [4.69, 9.17) is 14.2 Å². The van der Waals surface area contributed by atoms with Crippen LogP contribution in [0.4, 0.5) is 4.79 Å². The van der Waals surface area contributed by atoms with Crippen molar-refractivity contribution in [1.29, 1.82) is 0 Å². The monoisotopic (exact) mass is 763 g/mol. The maximum Gasteiger partial charge on any atom is 0.411 e. The predicted octanol–water partition coefficient (Wildman–Crippen LogP) is 8.80. The number of carbonyl (C=O) groups excluding carboxylic acids is 3. The zero-order valence-corrected chi connectivity index (χ0v) is 32.5. The fraction of sp³-hybridized carbons (Fsp3) is 0.312. The zero-order chi connectivity index (χ0) is 39.4. The van der Waals surface area contributed by atoms with Gasteiger partial charge in [0.05, 0.1) is 5.92 Å². The Hall–Kier alpha value is -5.93. The van der Waals surface area contributed by atoms with Crippen molar-refractivity contribution in [3.8, 4) is 33.8 Å². The SMILES string of the molecule is COCCCCC1(CNC(=O)[C@H]2CCCN(C(=O)OCC3c4ccccc4-c4ccccc43)C2NC(C)=O)c2ccccc2Oc2ccccc21.c1cc2cc-2c1. The highest BCUT2D eigenvalue weighted by molar-refractivity contribution is 5.83. The lowest BCUT2D eigenvalue weighted by molar-refractivity contribution is -0.131. The number of carbonyl (C=O) groups is 3. The molecule has 3 amide bonds. The molecule has 1 fully saturated rings. The van der Waals surface area contributed by atoms with Gasteiger partial charge < -0.3 is 24.8 Å². The van der Waals surface area contributed by atoms with Crippen LogP contribution in [0.2, 0.25) is 0 Å². The molecule has 0 aromatic heterocycles. The van der Waals surface area contributed by atoms with Gasteiger partial charge in [-0.2, -0.15) is 0 Å². The Bertz CT molecular complexity index is 2160. The Morgan fingerprint density at radius 1 is 0.789 bits per heavy atom. The summed E-state index contributed by atoms with van der Waals surface area (Å²) >= 11 is 0. The van der Waals surface area contributed by atoms with Crippen LogP contribution in [0.3, 0.4) is 0 Å². The van der Waals surface area contributed by atoms with Gasteiger partial charge >= 0.3 is 6.09 Å². The first-order valence-electron chi connectivity index (χ1n) is 20.0. The first kappa shape index (κ1) is 38.0. The molecule has 2 N–H and O–H groups in total. The molecule has 0 radical (unpaired) electrons. The number of unbranched alkanes of at least 4 members (excludes halogenated alkanes) is 1. The standard InChI is InChI=1S/C42H45N3O6.C6H4/c1-28(46)44-39-33(18-13-24-45(39)41(48)50-26-34-31-16-5-3-14-29(31)30-15-4-6-17-32(30)34)40(47)43-27-42(23-11-12-25-49-2)35-19-7-9-21-37(35)51-38-22-10-8-20-36(38)42;1-2-5-4-6(5)3-1/h3-10,14-17,19-22,33-34,39H,11-13,18,23-27H2,1-2H3,(H,43,47)(H,44,46);1-4H/t33-,39?;/m0./s1. The number of nitrogens with one attached hydrogen (secondary N) is 2. The van der Waals surface area contributed by atoms with E-state index in [1.165, 1.54) is 23.0 Å². The van der Waals surface area contributed by atoms with Crippen molar-refractivity contribution < 1.29 is 28.6 Å². The van der Waals surface area contributed by atoms with Gasteiger partial charge in [-0.25, -0.2) is 4.79 Å². The molecule has 4 aromatic carbocycles. The summed E-state index contributed by atoms with van der Waals surface area (Å²) in [6.07, 6.45) is 2.23. The maximum absolute atomic E-state index is 14.3. The van der Waals surface area contributed by atoms with Gasteiger partial charge in [0.15, 0.2) is 0 Å². The van der Waals surface area contributed by atoms with Crippen molar-refractivity contribution >= 4 is 17.9 Å². The van der Waals surface area contributed by atoms with E-state index in [1.807, 2.05) is 60.7 Å². The topological polar surface area (TPSA) is 106 Å². The molecule has 0 saturated carbocycles. The number of rotatable bonds is 11. The molecule has 2 atom stereocenters. The Kier molecular flexibility index (Phi) is 11.1. The second kappa shape index (κ2) is 16.7. The molecule has 292 valence electrons. The highest BCUT2D eigenvalue weighted by Gasteiger charge is 2.44. The van der Waals surface area contributed by atoms with Crippen molar-refractivity contribution in [2.45, 2.75) is 56.5 Å². The summed E-state index contributed by atoms with van der Waals surface area (Å²) in [7, 11) is 1.70. The fourth-order valence-electron chi connectivity index (χ4n) is 8.97. The van der Waals surface area contributed by atoms with Crippen LogP contribution in [-0.2, 0) is 24.5 Å². The summed E-state index contributed by atoms with van der Waals surface area (Å²) in [5.41, 5.74) is 8.86. The van der Waals surface area contributed by atoms with Crippen LogP contribution in [0.5, 0.6) is 11.5 Å². The van der Waals surface area contributed by atoms with Gasteiger partial charge in [0.1, 0.15) is 24.3 Å². The quantitative estimate of drug-likeness (QED) is 0.128. The Labute approximate surface area is 334 Å². The average Bonchev–Trinajstić information content (AvgIpc) is 3.69. The van der Waals surface area contributed by atoms with E-state index in [0.29, 0.717) is 32.5 Å². The molecule has 57 heavy (non-hydrogen) atoms. The predicted molar refractivity (Wildman–Crippen MR) is 220 cm³/mol. The van der Waals surface area contributed by atoms with Gasteiger partial charge in [0.25, 0.3) is 0 Å². The van der Waals surface area contributed by atoms with Gasteiger partial charge in [0.2, 0.25) is 11.8 Å². The summed E-state index contributed by atoms with van der Waals surface area (Å²) in [4.78, 5) is 42.2. The lowest BCUT2D eigenvalue weighted by Gasteiger charge is -2.42. The van der Waals surface area contributed by atoms with E-state index in [1.54, 1.807) is 7.11 Å². The van der Waals surface area contributed by atoms with Gasteiger partial charge in [-0.05, 0) is 83.7 Å². The minimum absolute atomic E-state index is 0.102. The minimum Gasteiger partial charge on any atom is -0.457 e. The lowest BCUT2D eigenvalue weighted by atomic mass is 9.69.